The molecule has 0 aliphatic heterocycles. The lowest BCUT2D eigenvalue weighted by Gasteiger charge is -2.26. The van der Waals surface area contributed by atoms with Gasteiger partial charge < -0.3 is 14.6 Å². The van der Waals surface area contributed by atoms with Crippen molar-refractivity contribution in [2.24, 2.45) is 0 Å². The Morgan fingerprint density at radius 2 is 1.08 bits per heavy atom. The molecule has 0 atom stereocenters. The molecule has 3 heteroatoms. The number of rotatable bonds is 19. The predicted molar refractivity (Wildman–Crippen MR) is 108 cm³/mol. The molecule has 0 fully saturated rings. The smallest absolute Gasteiger partial charge is 0.280 e. The van der Waals surface area contributed by atoms with Crippen LogP contribution in [0, 0.1) is 0 Å². The van der Waals surface area contributed by atoms with Crippen molar-refractivity contribution in [3.05, 3.63) is 12.2 Å². The van der Waals surface area contributed by atoms with Crippen LogP contribution in [0.4, 0.5) is 0 Å². The molecule has 0 amide bonds. The van der Waals surface area contributed by atoms with Gasteiger partial charge in [-0.1, -0.05) is 70.4 Å². The van der Waals surface area contributed by atoms with Gasteiger partial charge in [-0.15, -0.1) is 0 Å². The van der Waals surface area contributed by atoms with Gasteiger partial charge in [0.15, 0.2) is 0 Å². The second kappa shape index (κ2) is 18.4. The van der Waals surface area contributed by atoms with E-state index in [1.807, 2.05) is 13.8 Å². The number of aliphatic hydroxyl groups is 1. The zero-order valence-corrected chi connectivity index (χ0v) is 17.2. The van der Waals surface area contributed by atoms with Crippen LogP contribution in [-0.4, -0.2) is 24.3 Å². The van der Waals surface area contributed by atoms with Gasteiger partial charge in [0.2, 0.25) is 0 Å². The minimum atomic E-state index is -1.37. The van der Waals surface area contributed by atoms with Gasteiger partial charge in [0, 0.05) is 19.6 Å². The minimum Gasteiger partial charge on any atom is -0.343 e. The molecule has 0 unspecified atom stereocenters. The average molecular weight is 357 g/mol. The quantitative estimate of drug-likeness (QED) is 0.158. The van der Waals surface area contributed by atoms with Gasteiger partial charge in [0.25, 0.3) is 5.97 Å². The van der Waals surface area contributed by atoms with Crippen molar-refractivity contribution in [2.75, 3.05) is 13.2 Å². The van der Waals surface area contributed by atoms with E-state index < -0.39 is 5.97 Å². The summed E-state index contributed by atoms with van der Waals surface area (Å²) in [7, 11) is 0. The molecule has 0 radical (unpaired) electrons. The van der Waals surface area contributed by atoms with Crippen molar-refractivity contribution in [1.29, 1.82) is 0 Å². The maximum atomic E-state index is 10.2. The van der Waals surface area contributed by atoms with Crippen LogP contribution in [0.1, 0.15) is 111 Å². The molecule has 0 rings (SSSR count). The number of hydrogen-bond acceptors (Lipinski definition) is 3. The van der Waals surface area contributed by atoms with E-state index in [9.17, 15) is 5.11 Å². The molecule has 0 aliphatic rings. The maximum absolute atomic E-state index is 10.2. The Balaban J connectivity index is 3.39. The zero-order chi connectivity index (χ0) is 18.6. The maximum Gasteiger partial charge on any atom is 0.280 e. The summed E-state index contributed by atoms with van der Waals surface area (Å²) in [6.45, 7) is 6.97. The van der Waals surface area contributed by atoms with Crippen LogP contribution in [0.5, 0.6) is 0 Å². The van der Waals surface area contributed by atoms with Crippen molar-refractivity contribution in [2.45, 2.75) is 117 Å². The van der Waals surface area contributed by atoms with Crippen LogP contribution in [0.2, 0.25) is 0 Å². The largest absolute Gasteiger partial charge is 0.343 e. The third kappa shape index (κ3) is 16.8. The van der Waals surface area contributed by atoms with Crippen LogP contribution in [0.15, 0.2) is 12.2 Å². The predicted octanol–water partition coefficient (Wildman–Crippen LogP) is 6.74. The monoisotopic (exact) mass is 356 g/mol. The van der Waals surface area contributed by atoms with E-state index in [4.69, 9.17) is 9.47 Å². The first-order valence-corrected chi connectivity index (χ1v) is 10.8. The first-order valence-electron chi connectivity index (χ1n) is 10.8. The first kappa shape index (κ1) is 24.6. The minimum absolute atomic E-state index is 0.474. The molecule has 0 spiro atoms. The van der Waals surface area contributed by atoms with E-state index in [0.29, 0.717) is 19.6 Å². The highest BCUT2D eigenvalue weighted by atomic mass is 16.8. The Labute approximate surface area is 157 Å². The van der Waals surface area contributed by atoms with Crippen LogP contribution < -0.4 is 0 Å². The number of unbranched alkanes of at least 4 members (excludes halogenated alkanes) is 11. The van der Waals surface area contributed by atoms with Gasteiger partial charge >= 0.3 is 0 Å². The molecule has 0 saturated carbocycles. The van der Waals surface area contributed by atoms with E-state index in [1.165, 1.54) is 70.6 Å². The zero-order valence-electron chi connectivity index (χ0n) is 17.2. The standard InChI is InChI=1S/C22H44O3/c1-4-7-8-9-10-11-12-13-14-15-16-17-18-19-20-21-22(23,24-5-2)25-6-3/h13-14,23H,4-12,15-21H2,1-3H3. The summed E-state index contributed by atoms with van der Waals surface area (Å²) >= 11 is 0. The molecule has 0 aliphatic carbocycles. The van der Waals surface area contributed by atoms with Crippen LogP contribution >= 0.6 is 0 Å². The van der Waals surface area contributed by atoms with Gasteiger partial charge in [-0.05, 0) is 46.0 Å². The van der Waals surface area contributed by atoms with E-state index in [2.05, 4.69) is 19.1 Å². The second-order valence-electron chi connectivity index (χ2n) is 6.91. The highest BCUT2D eigenvalue weighted by molar-refractivity contribution is 4.81. The fraction of sp³-hybridized carbons (Fsp3) is 0.909. The molecular weight excluding hydrogens is 312 g/mol. The molecule has 1 N–H and O–H groups in total. The third-order valence-electron chi connectivity index (χ3n) is 4.49. The summed E-state index contributed by atoms with van der Waals surface area (Å²) < 4.78 is 10.6. The summed E-state index contributed by atoms with van der Waals surface area (Å²) in [6.07, 6.45) is 21.9. The molecule has 0 bridgehead atoms. The summed E-state index contributed by atoms with van der Waals surface area (Å²) in [6, 6.07) is 0. The SMILES string of the molecule is CCCCCCCCC=CCCCCCCCC(O)(OCC)OCC. The van der Waals surface area contributed by atoms with Crippen molar-refractivity contribution in [3.63, 3.8) is 0 Å². The number of hydrogen-bond donors (Lipinski definition) is 1. The lowest BCUT2D eigenvalue weighted by molar-refractivity contribution is -0.360. The van der Waals surface area contributed by atoms with Gasteiger partial charge in [-0.2, -0.15) is 0 Å². The Bertz CT molecular complexity index is 283. The summed E-state index contributed by atoms with van der Waals surface area (Å²) in [5.41, 5.74) is 0. The van der Waals surface area contributed by atoms with Crippen molar-refractivity contribution in [3.8, 4) is 0 Å². The molecule has 0 aromatic rings. The molecular formula is C22H44O3. The van der Waals surface area contributed by atoms with Crippen molar-refractivity contribution in [1.82, 2.24) is 0 Å². The molecule has 3 nitrogen and oxygen atoms in total. The molecule has 0 aromatic heterocycles. The summed E-state index contributed by atoms with van der Waals surface area (Å²) in [5.74, 6) is -1.37. The average Bonchev–Trinajstić information content (AvgIpc) is 2.59. The van der Waals surface area contributed by atoms with Gasteiger partial charge in [0.1, 0.15) is 0 Å². The summed E-state index contributed by atoms with van der Waals surface area (Å²) in [4.78, 5) is 0. The summed E-state index contributed by atoms with van der Waals surface area (Å²) in [5, 5.41) is 10.2. The van der Waals surface area contributed by atoms with Crippen LogP contribution in [-0.2, 0) is 9.47 Å². The van der Waals surface area contributed by atoms with E-state index >= 15 is 0 Å². The van der Waals surface area contributed by atoms with E-state index in [0.717, 1.165) is 12.8 Å². The Morgan fingerprint density at radius 1 is 0.640 bits per heavy atom. The molecule has 0 aromatic carbocycles. The molecule has 0 saturated heterocycles. The van der Waals surface area contributed by atoms with Gasteiger partial charge in [0.05, 0.1) is 0 Å². The lowest BCUT2D eigenvalue weighted by Crippen LogP contribution is -2.35. The topological polar surface area (TPSA) is 38.7 Å². The molecule has 25 heavy (non-hydrogen) atoms. The fourth-order valence-corrected chi connectivity index (χ4v) is 3.06. The molecule has 150 valence electrons. The van der Waals surface area contributed by atoms with Crippen molar-refractivity contribution >= 4 is 0 Å². The van der Waals surface area contributed by atoms with E-state index in [-0.39, 0.29) is 0 Å². The number of allylic oxidation sites excluding steroid dienone is 2. The molecule has 0 heterocycles. The highest BCUT2D eigenvalue weighted by Gasteiger charge is 2.26. The Hall–Kier alpha value is -0.380. The second-order valence-corrected chi connectivity index (χ2v) is 6.91. The van der Waals surface area contributed by atoms with Gasteiger partial charge in [-0.3, -0.25) is 0 Å². The van der Waals surface area contributed by atoms with Crippen LogP contribution in [0.3, 0.4) is 0 Å². The third-order valence-corrected chi connectivity index (χ3v) is 4.49. The van der Waals surface area contributed by atoms with Crippen LogP contribution in [0.25, 0.3) is 0 Å². The first-order chi connectivity index (χ1) is 12.2. The Kier molecular flexibility index (Phi) is 18.1. The van der Waals surface area contributed by atoms with E-state index in [1.54, 1.807) is 0 Å². The van der Waals surface area contributed by atoms with Gasteiger partial charge in [-0.25, -0.2) is 0 Å². The normalized spacial score (nSPS) is 12.3. The lowest BCUT2D eigenvalue weighted by atomic mass is 10.1. The number of ether oxygens (including phenoxy) is 2. The highest BCUT2D eigenvalue weighted by Crippen LogP contribution is 2.19. The Morgan fingerprint density at radius 3 is 1.56 bits per heavy atom. The fourth-order valence-electron chi connectivity index (χ4n) is 3.06. The van der Waals surface area contributed by atoms with Crippen molar-refractivity contribution < 1.29 is 14.6 Å².